The molecule has 4 aromatic rings. The van der Waals surface area contributed by atoms with Crippen molar-refractivity contribution >= 4 is 36.2 Å². The monoisotopic (exact) mass is 675 g/mol. The molecular weight excluding hydrogens is 638 g/mol. The third-order valence-electron chi connectivity index (χ3n) is 8.65. The highest BCUT2D eigenvalue weighted by atomic mass is 31.2. The van der Waals surface area contributed by atoms with E-state index in [1.54, 1.807) is 18.2 Å². The predicted molar refractivity (Wildman–Crippen MR) is 172 cm³/mol. The van der Waals surface area contributed by atoms with E-state index in [1.165, 1.54) is 36.7 Å². The summed E-state index contributed by atoms with van der Waals surface area (Å²) in [7, 11) is -5.00. The minimum Gasteiger partial charge on any atom is -0.481 e. The Hall–Kier alpha value is -3.70. The van der Waals surface area contributed by atoms with Crippen molar-refractivity contribution in [2.24, 2.45) is 15.8 Å². The normalized spacial score (nSPS) is 17.8. The van der Waals surface area contributed by atoms with Gasteiger partial charge in [-0.1, -0.05) is 53.7 Å². The fourth-order valence-corrected chi connectivity index (χ4v) is 8.31. The summed E-state index contributed by atoms with van der Waals surface area (Å²) in [5.41, 5.74) is -4.13. The molecule has 3 aromatic carbocycles. The number of fused-ring (bicyclic) bond motifs is 2. The number of hydrogen-bond acceptors (Lipinski definition) is 7. The molecule has 2 heterocycles. The SMILES string of the molecule is CC(C)(C)C(OP(=O)(O)O)(C(C)(C)C)C1(CCc2ccc3c(=O)c4cc(Oc5cccc(C(F)(F)F)c5)ccc4oc3c2)COC=N1. The van der Waals surface area contributed by atoms with Gasteiger partial charge in [0.1, 0.15) is 40.4 Å². The number of alkyl halides is 3. The zero-order chi connectivity index (χ0) is 34.6. The summed E-state index contributed by atoms with van der Waals surface area (Å²) in [6.45, 7) is 11.2. The first-order valence-corrected chi connectivity index (χ1v) is 16.5. The topological polar surface area (TPSA) is 128 Å². The molecule has 252 valence electrons. The van der Waals surface area contributed by atoms with Gasteiger partial charge in [0.25, 0.3) is 0 Å². The van der Waals surface area contributed by atoms with Gasteiger partial charge < -0.3 is 23.7 Å². The standard InChI is InChI=1S/C34H37F3NO8P/c1-30(2,3)34(31(4,5)6,46-47(40,41)42)32(19-43-20-38-32)15-14-21-10-12-25-28(16-21)45-27-13-11-24(18-26(27)29(25)39)44-23-9-7-8-22(17-23)33(35,36)37/h7-13,16-18,20H,14-15,19H2,1-6H3,(H2,40,41,42). The highest BCUT2D eigenvalue weighted by Crippen LogP contribution is 2.62. The summed E-state index contributed by atoms with van der Waals surface area (Å²) >= 11 is 0. The lowest BCUT2D eigenvalue weighted by atomic mass is 9.53. The molecule has 1 atom stereocenters. The highest BCUT2D eigenvalue weighted by molar-refractivity contribution is 7.46. The van der Waals surface area contributed by atoms with Crippen LogP contribution < -0.4 is 10.2 Å². The smallest absolute Gasteiger partial charge is 0.470 e. The van der Waals surface area contributed by atoms with E-state index in [4.69, 9.17) is 18.4 Å². The molecule has 0 fully saturated rings. The van der Waals surface area contributed by atoms with E-state index in [9.17, 15) is 32.3 Å². The Balaban J connectivity index is 1.48. The van der Waals surface area contributed by atoms with Gasteiger partial charge in [-0.2, -0.15) is 13.2 Å². The minimum atomic E-state index is -5.00. The van der Waals surface area contributed by atoms with Crippen molar-refractivity contribution in [3.05, 3.63) is 82.0 Å². The minimum absolute atomic E-state index is 0.0307. The number of hydrogen-bond donors (Lipinski definition) is 2. The number of benzene rings is 3. The largest absolute Gasteiger partial charge is 0.481 e. The summed E-state index contributed by atoms with van der Waals surface area (Å²) in [5.74, 6) is 0.139. The van der Waals surface area contributed by atoms with Crippen molar-refractivity contribution < 1.29 is 45.9 Å². The number of rotatable bonds is 8. The summed E-state index contributed by atoms with van der Waals surface area (Å²) in [6, 6.07) is 14.0. The van der Waals surface area contributed by atoms with Crippen molar-refractivity contribution in [1.82, 2.24) is 0 Å². The van der Waals surface area contributed by atoms with Crippen LogP contribution in [0.2, 0.25) is 0 Å². The van der Waals surface area contributed by atoms with Crippen LogP contribution in [0.4, 0.5) is 13.2 Å². The molecule has 0 saturated heterocycles. The zero-order valence-corrected chi connectivity index (χ0v) is 27.7. The number of nitrogens with zero attached hydrogens (tertiary/aromatic N) is 1. The van der Waals surface area contributed by atoms with Crippen molar-refractivity contribution in [1.29, 1.82) is 0 Å². The number of aryl methyl sites for hydroxylation is 1. The van der Waals surface area contributed by atoms with Crippen molar-refractivity contribution in [2.45, 2.75) is 71.7 Å². The molecule has 1 unspecified atom stereocenters. The maximum absolute atomic E-state index is 13.5. The number of aliphatic imine (C=N–C) groups is 1. The molecule has 5 rings (SSSR count). The fraction of sp³-hybridized carbons (Fsp3) is 0.412. The molecule has 1 aromatic heterocycles. The van der Waals surface area contributed by atoms with Crippen molar-refractivity contribution in [3.63, 3.8) is 0 Å². The number of phosphoric acid groups is 1. The maximum Gasteiger partial charge on any atom is 0.470 e. The Bertz CT molecular complexity index is 1940. The van der Waals surface area contributed by atoms with Crippen molar-refractivity contribution in [2.75, 3.05) is 6.61 Å². The van der Waals surface area contributed by atoms with E-state index in [2.05, 4.69) is 4.99 Å². The number of ether oxygens (including phenoxy) is 2. The first-order chi connectivity index (χ1) is 21.7. The second-order valence-corrected chi connectivity index (χ2v) is 15.1. The molecule has 47 heavy (non-hydrogen) atoms. The van der Waals surface area contributed by atoms with Gasteiger partial charge in [0.05, 0.1) is 16.3 Å². The Labute approximate surface area is 269 Å². The highest BCUT2D eigenvalue weighted by Gasteiger charge is 2.68. The van der Waals surface area contributed by atoms with Crippen LogP contribution in [0.15, 0.2) is 74.9 Å². The average molecular weight is 676 g/mol. The second kappa shape index (κ2) is 11.8. The second-order valence-electron chi connectivity index (χ2n) is 13.9. The fourth-order valence-electron chi connectivity index (χ4n) is 7.23. The maximum atomic E-state index is 13.5. The number of phosphoric ester groups is 1. The predicted octanol–water partition coefficient (Wildman–Crippen LogP) is 8.43. The summed E-state index contributed by atoms with van der Waals surface area (Å²) < 4.78 is 75.0. The molecule has 0 amide bonds. The van der Waals surface area contributed by atoms with Crippen LogP contribution in [0, 0.1) is 10.8 Å². The zero-order valence-electron chi connectivity index (χ0n) is 26.8. The van der Waals surface area contributed by atoms with Gasteiger partial charge in [0.15, 0.2) is 6.40 Å². The van der Waals surface area contributed by atoms with Crippen LogP contribution in [0.25, 0.3) is 21.9 Å². The van der Waals surface area contributed by atoms with E-state index in [0.29, 0.717) is 12.0 Å². The lowest BCUT2D eigenvalue weighted by molar-refractivity contribution is -0.179. The van der Waals surface area contributed by atoms with Crippen LogP contribution in [-0.2, 0) is 26.4 Å². The van der Waals surface area contributed by atoms with E-state index in [-0.39, 0.29) is 46.3 Å². The van der Waals surface area contributed by atoms with Gasteiger partial charge in [-0.25, -0.2) is 9.56 Å². The molecule has 1 aliphatic rings. The Morgan fingerprint density at radius 2 is 1.57 bits per heavy atom. The summed E-state index contributed by atoms with van der Waals surface area (Å²) in [4.78, 5) is 38.4. The molecule has 0 radical (unpaired) electrons. The van der Waals surface area contributed by atoms with Crippen molar-refractivity contribution in [3.8, 4) is 11.5 Å². The Morgan fingerprint density at radius 3 is 2.17 bits per heavy atom. The first-order valence-electron chi connectivity index (χ1n) is 14.9. The Kier molecular flexibility index (Phi) is 8.67. The number of halogens is 3. The summed E-state index contributed by atoms with van der Waals surface area (Å²) in [5, 5.41) is 0.485. The molecule has 0 spiro atoms. The first kappa shape index (κ1) is 34.6. The van der Waals surface area contributed by atoms with E-state index < -0.39 is 41.5 Å². The molecule has 9 nitrogen and oxygen atoms in total. The summed E-state index contributed by atoms with van der Waals surface area (Å²) in [6.07, 6.45) is -2.57. The third-order valence-corrected chi connectivity index (χ3v) is 9.16. The van der Waals surface area contributed by atoms with Gasteiger partial charge in [-0.05, 0) is 77.8 Å². The molecule has 2 N–H and O–H groups in total. The van der Waals surface area contributed by atoms with Crippen LogP contribution in [0.1, 0.15) is 59.1 Å². The molecule has 0 aliphatic carbocycles. The average Bonchev–Trinajstić information content (AvgIpc) is 3.43. The van der Waals surface area contributed by atoms with Gasteiger partial charge in [0, 0.05) is 0 Å². The lowest BCUT2D eigenvalue weighted by Gasteiger charge is -2.59. The Morgan fingerprint density at radius 1 is 0.894 bits per heavy atom. The van der Waals surface area contributed by atoms with E-state index in [0.717, 1.165) is 17.7 Å². The van der Waals surface area contributed by atoms with Gasteiger partial charge in [-0.3, -0.25) is 9.32 Å². The van der Waals surface area contributed by atoms with Gasteiger partial charge in [-0.15, -0.1) is 0 Å². The molecular formula is C34H37F3NO8P. The lowest BCUT2D eigenvalue weighted by Crippen LogP contribution is -2.69. The van der Waals surface area contributed by atoms with Crippen LogP contribution in [0.5, 0.6) is 11.5 Å². The van der Waals surface area contributed by atoms with E-state index >= 15 is 0 Å². The molecule has 13 heteroatoms. The van der Waals surface area contributed by atoms with Crippen LogP contribution >= 0.6 is 7.82 Å². The van der Waals surface area contributed by atoms with E-state index in [1.807, 2.05) is 41.5 Å². The molecule has 0 bridgehead atoms. The van der Waals surface area contributed by atoms with Crippen LogP contribution in [0.3, 0.4) is 0 Å². The molecule has 1 aliphatic heterocycles. The van der Waals surface area contributed by atoms with Crippen LogP contribution in [-0.4, -0.2) is 33.9 Å². The van der Waals surface area contributed by atoms with Gasteiger partial charge >= 0.3 is 14.0 Å². The molecule has 0 saturated carbocycles. The third kappa shape index (κ3) is 6.56. The van der Waals surface area contributed by atoms with Gasteiger partial charge in [0.2, 0.25) is 5.43 Å². The quantitative estimate of drug-likeness (QED) is 0.141.